The van der Waals surface area contributed by atoms with Gasteiger partial charge in [0.15, 0.2) is 12.9 Å². The largest absolute Gasteiger partial charge is 0.483 e. The maximum atomic E-state index is 13.2. The Kier molecular flexibility index (Phi) is 13.8. The van der Waals surface area contributed by atoms with Crippen LogP contribution in [0.25, 0.3) is 22.0 Å². The maximum absolute atomic E-state index is 13.2. The summed E-state index contributed by atoms with van der Waals surface area (Å²) in [4.78, 5) is 46.5. The number of hydroxylamine groups is 2. The third-order valence-electron chi connectivity index (χ3n) is 8.16. The van der Waals surface area contributed by atoms with Crippen LogP contribution in [0.4, 0.5) is 0 Å². The van der Waals surface area contributed by atoms with Gasteiger partial charge in [-0.3, -0.25) is 19.2 Å². The van der Waals surface area contributed by atoms with Crippen LogP contribution in [-0.2, 0) is 16.2 Å². The third kappa shape index (κ3) is 10.2. The molecule has 250 valence electrons. The van der Waals surface area contributed by atoms with Crippen molar-refractivity contribution in [3.63, 3.8) is 0 Å². The average Bonchev–Trinajstić information content (AvgIpc) is 3.46. The second-order valence-corrected chi connectivity index (χ2v) is 12.1. The zero-order chi connectivity index (χ0) is 33.6. The van der Waals surface area contributed by atoms with Crippen molar-refractivity contribution in [2.45, 2.75) is 65.0 Å². The van der Waals surface area contributed by atoms with Gasteiger partial charge in [-0.2, -0.15) is 5.06 Å². The highest BCUT2D eigenvalue weighted by molar-refractivity contribution is 6.31. The lowest BCUT2D eigenvalue weighted by atomic mass is 10.0. The Morgan fingerprint density at radius 1 is 0.979 bits per heavy atom. The SMILES string of the molecule is CCCC(C)N(C)OCc1c(C=O)cccc1OCC(=O)NCCCCCCNC(=O)c1[nH]c2ccc(Cl)cc2c1-c1ccccc1. The Hall–Kier alpha value is -4.18. The van der Waals surface area contributed by atoms with Gasteiger partial charge in [0, 0.05) is 58.8 Å². The van der Waals surface area contributed by atoms with E-state index in [2.05, 4.69) is 29.5 Å². The minimum atomic E-state index is -0.233. The van der Waals surface area contributed by atoms with Gasteiger partial charge >= 0.3 is 0 Å². The Balaban J connectivity index is 1.16. The highest BCUT2D eigenvalue weighted by Gasteiger charge is 2.19. The number of unbranched alkanes of at least 4 members (excludes halogenated alkanes) is 3. The molecule has 0 aliphatic rings. The van der Waals surface area contributed by atoms with E-state index in [-0.39, 0.29) is 31.1 Å². The van der Waals surface area contributed by atoms with Crippen molar-refractivity contribution < 1.29 is 24.0 Å². The van der Waals surface area contributed by atoms with E-state index >= 15 is 0 Å². The number of fused-ring (bicyclic) bond motifs is 1. The first-order valence-electron chi connectivity index (χ1n) is 16.3. The summed E-state index contributed by atoms with van der Waals surface area (Å²) >= 11 is 6.27. The molecule has 0 aliphatic carbocycles. The van der Waals surface area contributed by atoms with Crippen LogP contribution in [0.2, 0.25) is 5.02 Å². The Bertz CT molecular complexity index is 1620. The molecule has 4 rings (SSSR count). The highest BCUT2D eigenvalue weighted by Crippen LogP contribution is 2.34. The van der Waals surface area contributed by atoms with Gasteiger partial charge in [0.1, 0.15) is 11.4 Å². The number of rotatable bonds is 19. The molecule has 0 bridgehead atoms. The summed E-state index contributed by atoms with van der Waals surface area (Å²) in [6, 6.07) is 20.8. The van der Waals surface area contributed by atoms with E-state index in [0.717, 1.165) is 66.8 Å². The van der Waals surface area contributed by atoms with Gasteiger partial charge < -0.3 is 20.4 Å². The summed E-state index contributed by atoms with van der Waals surface area (Å²) in [6.07, 6.45) is 6.25. The van der Waals surface area contributed by atoms with E-state index in [0.29, 0.717) is 40.7 Å². The summed E-state index contributed by atoms with van der Waals surface area (Å²) in [6.45, 7) is 5.28. The first-order valence-corrected chi connectivity index (χ1v) is 16.7. The van der Waals surface area contributed by atoms with Crippen LogP contribution in [0.15, 0.2) is 66.7 Å². The molecule has 0 saturated heterocycles. The normalized spacial score (nSPS) is 11.9. The van der Waals surface area contributed by atoms with Crippen LogP contribution < -0.4 is 15.4 Å². The summed E-state index contributed by atoms with van der Waals surface area (Å²) in [5.74, 6) is 0.0635. The van der Waals surface area contributed by atoms with Gasteiger partial charge in [0.25, 0.3) is 11.8 Å². The van der Waals surface area contributed by atoms with Crippen LogP contribution in [0.3, 0.4) is 0 Å². The first kappa shape index (κ1) is 35.7. The number of carbonyl (C=O) groups is 3. The van der Waals surface area contributed by atoms with Gasteiger partial charge in [-0.05, 0) is 56.0 Å². The molecule has 0 fully saturated rings. The molecule has 1 unspecified atom stereocenters. The molecule has 0 aliphatic heterocycles. The number of benzene rings is 3. The molecule has 10 heteroatoms. The number of nitrogens with zero attached hydrogens (tertiary/aromatic N) is 1. The number of aromatic amines is 1. The minimum Gasteiger partial charge on any atom is -0.483 e. The fourth-order valence-corrected chi connectivity index (χ4v) is 5.60. The molecular formula is C37H45ClN4O5. The van der Waals surface area contributed by atoms with E-state index in [9.17, 15) is 14.4 Å². The summed E-state index contributed by atoms with van der Waals surface area (Å²) in [7, 11) is 1.87. The first-order chi connectivity index (χ1) is 22.8. The smallest absolute Gasteiger partial charge is 0.268 e. The second-order valence-electron chi connectivity index (χ2n) is 11.6. The fraction of sp³-hybridized carbons (Fsp3) is 0.378. The number of aromatic nitrogens is 1. The summed E-state index contributed by atoms with van der Waals surface area (Å²) in [5.41, 5.74) is 4.25. The number of aldehydes is 1. The highest BCUT2D eigenvalue weighted by atomic mass is 35.5. The molecule has 4 aromatic rings. The maximum Gasteiger partial charge on any atom is 0.268 e. The van der Waals surface area contributed by atoms with Crippen molar-refractivity contribution in [3.8, 4) is 16.9 Å². The van der Waals surface area contributed by atoms with Gasteiger partial charge in [-0.1, -0.05) is 80.3 Å². The van der Waals surface area contributed by atoms with E-state index in [1.807, 2.05) is 55.6 Å². The number of H-pyrrole nitrogens is 1. The van der Waals surface area contributed by atoms with Crippen LogP contribution >= 0.6 is 11.6 Å². The van der Waals surface area contributed by atoms with Crippen molar-refractivity contribution in [2.75, 3.05) is 26.7 Å². The molecule has 9 nitrogen and oxygen atoms in total. The topological polar surface area (TPSA) is 113 Å². The monoisotopic (exact) mass is 660 g/mol. The third-order valence-corrected chi connectivity index (χ3v) is 8.39. The number of halogens is 1. The molecule has 2 amide bonds. The van der Waals surface area contributed by atoms with E-state index < -0.39 is 0 Å². The lowest BCUT2D eigenvalue weighted by molar-refractivity contribution is -0.175. The molecular weight excluding hydrogens is 616 g/mol. The molecule has 0 saturated carbocycles. The molecule has 1 heterocycles. The molecule has 1 aromatic heterocycles. The van der Waals surface area contributed by atoms with Crippen LogP contribution in [-0.4, -0.2) is 60.9 Å². The van der Waals surface area contributed by atoms with E-state index in [1.165, 1.54) is 0 Å². The van der Waals surface area contributed by atoms with Crippen molar-refractivity contribution in [3.05, 3.63) is 88.6 Å². The van der Waals surface area contributed by atoms with Gasteiger partial charge in [0.05, 0.1) is 6.61 Å². The number of ether oxygens (including phenoxy) is 1. The van der Waals surface area contributed by atoms with Crippen LogP contribution in [0, 0.1) is 0 Å². The molecule has 0 spiro atoms. The Labute approximate surface area is 281 Å². The second kappa shape index (κ2) is 18.2. The fourth-order valence-electron chi connectivity index (χ4n) is 5.43. The molecule has 0 radical (unpaired) electrons. The van der Waals surface area contributed by atoms with E-state index in [4.69, 9.17) is 21.2 Å². The summed E-state index contributed by atoms with van der Waals surface area (Å²) in [5, 5.41) is 9.25. The van der Waals surface area contributed by atoms with Crippen LogP contribution in [0.1, 0.15) is 78.8 Å². The quantitative estimate of drug-likeness (QED) is 0.0551. The summed E-state index contributed by atoms with van der Waals surface area (Å²) < 4.78 is 5.79. The van der Waals surface area contributed by atoms with Gasteiger partial charge in [0.2, 0.25) is 0 Å². The predicted molar refractivity (Wildman–Crippen MR) is 187 cm³/mol. The number of nitrogens with one attached hydrogen (secondary N) is 3. The van der Waals surface area contributed by atoms with Gasteiger partial charge in [-0.25, -0.2) is 0 Å². The Morgan fingerprint density at radius 3 is 2.45 bits per heavy atom. The molecule has 47 heavy (non-hydrogen) atoms. The predicted octanol–water partition coefficient (Wildman–Crippen LogP) is 7.34. The van der Waals surface area contributed by atoms with Crippen LogP contribution in [0.5, 0.6) is 5.75 Å². The average molecular weight is 661 g/mol. The van der Waals surface area contributed by atoms with E-state index in [1.54, 1.807) is 23.3 Å². The van der Waals surface area contributed by atoms with Gasteiger partial charge in [-0.15, -0.1) is 0 Å². The number of hydrogen-bond donors (Lipinski definition) is 3. The zero-order valence-electron chi connectivity index (χ0n) is 27.4. The number of hydrogen-bond acceptors (Lipinski definition) is 6. The lowest BCUT2D eigenvalue weighted by Crippen LogP contribution is -2.30. The van der Waals surface area contributed by atoms with Crippen molar-refractivity contribution in [1.82, 2.24) is 20.7 Å². The zero-order valence-corrected chi connectivity index (χ0v) is 28.2. The minimum absolute atomic E-state index is 0.157. The number of amides is 2. The molecule has 3 N–H and O–H groups in total. The molecule has 3 aromatic carbocycles. The standard InChI is InChI=1S/C37H45ClN4O5/c1-4-13-26(2)42(3)47-24-31-28(23-43)16-12-17-33(31)46-25-34(44)39-20-10-5-6-11-21-40-37(45)36-35(27-14-8-7-9-15-27)30-22-29(38)18-19-32(30)41-36/h7-9,12,14-19,22-23,26,41H,4-6,10-11,13,20-21,24-25H2,1-3H3,(H,39,44)(H,40,45). The molecule has 1 atom stereocenters. The van der Waals surface area contributed by atoms with Crippen molar-refractivity contribution in [1.29, 1.82) is 0 Å². The Morgan fingerprint density at radius 2 is 1.72 bits per heavy atom. The lowest BCUT2D eigenvalue weighted by Gasteiger charge is -2.24. The van der Waals surface area contributed by atoms with Crippen molar-refractivity contribution >= 4 is 40.6 Å². The number of carbonyl (C=O) groups excluding carboxylic acids is 3. The van der Waals surface area contributed by atoms with Crippen molar-refractivity contribution in [2.24, 2.45) is 0 Å².